The van der Waals surface area contributed by atoms with Gasteiger partial charge in [0.25, 0.3) is 17.4 Å². The van der Waals surface area contributed by atoms with Crippen molar-refractivity contribution in [2.45, 2.75) is 0 Å². The number of hydrogen-bond acceptors (Lipinski definition) is 8. The number of carbonyl (C=O) groups is 2. The number of fused-ring (bicyclic) bond motifs is 7. The number of pyridine rings is 1. The van der Waals surface area contributed by atoms with Crippen LogP contribution >= 0.6 is 0 Å². The van der Waals surface area contributed by atoms with Gasteiger partial charge in [0.05, 0.1) is 49.8 Å². The van der Waals surface area contributed by atoms with E-state index < -0.39 is 11.8 Å². The Morgan fingerprint density at radius 2 is 0.848 bits per heavy atom. The third-order valence-electron chi connectivity index (χ3n) is 12.7. The van der Waals surface area contributed by atoms with Crippen LogP contribution in [0.4, 0.5) is 5.69 Å². The number of amides is 2. The van der Waals surface area contributed by atoms with Crippen molar-refractivity contribution in [3.8, 4) is 34.4 Å². The van der Waals surface area contributed by atoms with Gasteiger partial charge in [0.15, 0.2) is 11.6 Å². The summed E-state index contributed by atoms with van der Waals surface area (Å²) in [5.74, 6) is 0.229. The van der Waals surface area contributed by atoms with Gasteiger partial charge in [-0.05, 0) is 97.1 Å². The molecule has 12 nitrogen and oxygen atoms in total. The number of imide groups is 1. The zero-order chi connectivity index (χ0) is 43.8. The summed E-state index contributed by atoms with van der Waals surface area (Å²) in [6, 6.07) is 55.5. The standard InChI is InChI=1S/C54H29N9O3/c64-52-35-25-24-33-45-34(26-27-36(46(35)45)53(65)62(52)32-18-8-3-9-19-32)54(66)63-44-29-40-39(28-41(44)59-49(33)63)55-47(50-57-37-20-10-12-22-42(37)60(50)30-14-4-1-5-15-30)48(56-40)51-58-38-21-11-13-23-43(38)61(51)31-16-6-2-7-17-31/h1-29H. The van der Waals surface area contributed by atoms with Crippen LogP contribution in [0.2, 0.25) is 0 Å². The quantitative estimate of drug-likeness (QED) is 0.156. The molecule has 0 saturated heterocycles. The number of aromatic nitrogens is 8. The SMILES string of the molecule is O=C1c2ccc3c(=O)n4c5cc6nc(-c7nc8ccccc8n7-c7ccccc7)c(-c7nc8ccccc8n7-c7ccccc7)nc6cc5nc4c4ccc(c2c34)C(=O)N1c1ccccc1. The lowest BCUT2D eigenvalue weighted by molar-refractivity contribution is 0.0893. The number of para-hydroxylation sites is 7. The minimum absolute atomic E-state index is 0.333. The molecule has 0 fully saturated rings. The lowest BCUT2D eigenvalue weighted by Gasteiger charge is -2.27. The first-order valence-electron chi connectivity index (χ1n) is 21.4. The first-order chi connectivity index (χ1) is 32.5. The van der Waals surface area contributed by atoms with Crippen LogP contribution in [0.3, 0.4) is 0 Å². The van der Waals surface area contributed by atoms with E-state index in [9.17, 15) is 14.4 Å². The number of carbonyl (C=O) groups excluding carboxylic acids is 2. The molecule has 0 saturated carbocycles. The van der Waals surface area contributed by atoms with Crippen molar-refractivity contribution >= 4 is 88.8 Å². The molecule has 0 radical (unpaired) electrons. The second kappa shape index (κ2) is 13.3. The van der Waals surface area contributed by atoms with Crippen LogP contribution in [0.15, 0.2) is 181 Å². The third-order valence-corrected chi connectivity index (χ3v) is 12.7. The third kappa shape index (κ3) is 4.91. The second-order valence-corrected chi connectivity index (χ2v) is 16.4. The van der Waals surface area contributed by atoms with E-state index in [0.29, 0.717) is 89.1 Å². The molecule has 0 atom stereocenters. The van der Waals surface area contributed by atoms with Gasteiger partial charge >= 0.3 is 0 Å². The summed E-state index contributed by atoms with van der Waals surface area (Å²) >= 11 is 0. The van der Waals surface area contributed by atoms with Gasteiger partial charge in [-0.3, -0.25) is 27.9 Å². The highest BCUT2D eigenvalue weighted by Crippen LogP contribution is 2.41. The predicted octanol–water partition coefficient (Wildman–Crippen LogP) is 10.3. The molecule has 2 amide bonds. The van der Waals surface area contributed by atoms with Crippen molar-refractivity contribution in [1.82, 2.24) is 38.5 Å². The largest absolute Gasteiger partial charge is 0.291 e. The van der Waals surface area contributed by atoms with E-state index in [1.54, 1.807) is 46.9 Å². The number of anilines is 1. The number of rotatable bonds is 5. The fraction of sp³-hybridized carbons (Fsp3) is 0. The van der Waals surface area contributed by atoms with Gasteiger partial charge in [0.1, 0.15) is 17.0 Å². The van der Waals surface area contributed by atoms with Crippen LogP contribution in [0.5, 0.6) is 0 Å². The smallest absolute Gasteiger partial charge is 0.265 e. The summed E-state index contributed by atoms with van der Waals surface area (Å²) in [4.78, 5) is 70.7. The van der Waals surface area contributed by atoms with Gasteiger partial charge in [0.2, 0.25) is 0 Å². The highest BCUT2D eigenvalue weighted by molar-refractivity contribution is 6.38. The predicted molar refractivity (Wildman–Crippen MR) is 256 cm³/mol. The molecule has 0 N–H and O–H groups in total. The topological polar surface area (TPSA) is 133 Å². The molecule has 1 aliphatic heterocycles. The lowest BCUT2D eigenvalue weighted by Crippen LogP contribution is -2.40. The van der Waals surface area contributed by atoms with E-state index in [0.717, 1.165) is 33.4 Å². The molecule has 13 aromatic rings. The Morgan fingerprint density at radius 3 is 1.41 bits per heavy atom. The number of benzene rings is 8. The first kappa shape index (κ1) is 36.1. The molecule has 12 heteroatoms. The van der Waals surface area contributed by atoms with Crippen LogP contribution in [0.1, 0.15) is 20.7 Å². The molecular weight excluding hydrogens is 823 g/mol. The van der Waals surface area contributed by atoms with Crippen LogP contribution in [0, 0.1) is 0 Å². The average Bonchev–Trinajstić information content (AvgIpc) is 4.07. The molecule has 5 aromatic heterocycles. The van der Waals surface area contributed by atoms with E-state index in [-0.39, 0.29) is 5.56 Å². The van der Waals surface area contributed by atoms with Crippen LogP contribution in [0.25, 0.3) is 106 Å². The Bertz CT molecular complexity index is 4270. The minimum atomic E-state index is -0.453. The average molecular weight is 852 g/mol. The number of hydrogen-bond donors (Lipinski definition) is 0. The molecule has 1 aliphatic rings. The Kier molecular flexibility index (Phi) is 7.27. The van der Waals surface area contributed by atoms with E-state index in [1.165, 1.54) is 4.90 Å². The summed E-state index contributed by atoms with van der Waals surface area (Å²) in [6.45, 7) is 0. The molecule has 8 aromatic carbocycles. The van der Waals surface area contributed by atoms with Crippen molar-refractivity contribution in [3.05, 3.63) is 197 Å². The summed E-state index contributed by atoms with van der Waals surface area (Å²) in [6.07, 6.45) is 0. The number of imidazole rings is 3. The molecule has 0 bridgehead atoms. The van der Waals surface area contributed by atoms with E-state index in [2.05, 4.69) is 9.13 Å². The van der Waals surface area contributed by atoms with Gasteiger partial charge in [-0.25, -0.2) is 29.8 Å². The summed E-state index contributed by atoms with van der Waals surface area (Å²) in [5, 5.41) is 1.97. The van der Waals surface area contributed by atoms with E-state index in [4.69, 9.17) is 24.9 Å². The van der Waals surface area contributed by atoms with Crippen LogP contribution in [-0.4, -0.2) is 50.3 Å². The molecule has 0 unspecified atom stereocenters. The van der Waals surface area contributed by atoms with Crippen molar-refractivity contribution < 1.29 is 9.59 Å². The molecular formula is C54H29N9O3. The lowest BCUT2D eigenvalue weighted by atomic mass is 9.90. The van der Waals surface area contributed by atoms with Crippen molar-refractivity contribution in [3.63, 3.8) is 0 Å². The number of nitrogens with zero attached hydrogens (tertiary/aromatic N) is 9. The zero-order valence-electron chi connectivity index (χ0n) is 34.5. The second-order valence-electron chi connectivity index (χ2n) is 16.4. The van der Waals surface area contributed by atoms with Crippen LogP contribution in [-0.2, 0) is 0 Å². The zero-order valence-corrected chi connectivity index (χ0v) is 34.5. The first-order valence-corrected chi connectivity index (χ1v) is 21.4. The molecule has 308 valence electrons. The minimum Gasteiger partial charge on any atom is -0.291 e. The molecule has 66 heavy (non-hydrogen) atoms. The summed E-state index contributed by atoms with van der Waals surface area (Å²) in [7, 11) is 0. The van der Waals surface area contributed by atoms with E-state index in [1.807, 2.05) is 133 Å². The highest BCUT2D eigenvalue weighted by Gasteiger charge is 2.36. The highest BCUT2D eigenvalue weighted by atomic mass is 16.2. The van der Waals surface area contributed by atoms with Crippen molar-refractivity contribution in [2.75, 3.05) is 4.90 Å². The summed E-state index contributed by atoms with van der Waals surface area (Å²) < 4.78 is 5.79. The van der Waals surface area contributed by atoms with Crippen molar-refractivity contribution in [1.29, 1.82) is 0 Å². The van der Waals surface area contributed by atoms with Gasteiger partial charge in [0, 0.05) is 44.0 Å². The normalized spacial score (nSPS) is 12.9. The molecule has 0 spiro atoms. The molecule has 14 rings (SSSR count). The Balaban J connectivity index is 1.06. The van der Waals surface area contributed by atoms with E-state index >= 15 is 0 Å². The Morgan fingerprint density at radius 1 is 0.364 bits per heavy atom. The molecule has 6 heterocycles. The maximum atomic E-state index is 14.9. The Labute approximate surface area is 372 Å². The van der Waals surface area contributed by atoms with Gasteiger partial charge in [-0.1, -0.05) is 78.9 Å². The maximum Gasteiger partial charge on any atom is 0.265 e. The van der Waals surface area contributed by atoms with Gasteiger partial charge < -0.3 is 0 Å². The van der Waals surface area contributed by atoms with Gasteiger partial charge in [-0.15, -0.1) is 0 Å². The molecule has 0 aliphatic carbocycles. The maximum absolute atomic E-state index is 14.9. The summed E-state index contributed by atoms with van der Waals surface area (Å²) in [5.41, 5.74) is 9.45. The fourth-order valence-corrected chi connectivity index (χ4v) is 9.85. The van der Waals surface area contributed by atoms with Crippen molar-refractivity contribution in [2.24, 2.45) is 0 Å². The Hall–Kier alpha value is -9.42. The monoisotopic (exact) mass is 851 g/mol. The van der Waals surface area contributed by atoms with Crippen LogP contribution < -0.4 is 10.5 Å². The van der Waals surface area contributed by atoms with Gasteiger partial charge in [-0.2, -0.15) is 0 Å². The fourth-order valence-electron chi connectivity index (χ4n) is 9.85.